The largest absolute Gasteiger partial charge is 0.378 e. The summed E-state index contributed by atoms with van der Waals surface area (Å²) in [6.45, 7) is 4.64. The predicted octanol–water partition coefficient (Wildman–Crippen LogP) is 0.978. The molecule has 0 aliphatic carbocycles. The molecule has 0 saturated carbocycles. The highest BCUT2D eigenvalue weighted by Gasteiger charge is 2.19. The zero-order valence-corrected chi connectivity index (χ0v) is 13.9. The summed E-state index contributed by atoms with van der Waals surface area (Å²) in [6, 6.07) is 3.60. The Kier molecular flexibility index (Phi) is 5.63. The number of rotatable bonds is 5. The average Bonchev–Trinajstić information content (AvgIpc) is 2.64. The van der Waals surface area contributed by atoms with Gasteiger partial charge in [0.2, 0.25) is 5.91 Å². The number of hydrogen-bond donors (Lipinski definition) is 1. The molecule has 0 atom stereocenters. The lowest BCUT2D eigenvalue weighted by Gasteiger charge is -2.27. The molecule has 130 valence electrons. The van der Waals surface area contributed by atoms with E-state index in [9.17, 15) is 9.59 Å². The number of piperidine rings is 1. The molecule has 0 spiro atoms. The van der Waals surface area contributed by atoms with Gasteiger partial charge in [0.05, 0.1) is 18.8 Å². The highest BCUT2D eigenvalue weighted by molar-refractivity contribution is 5.94. The van der Waals surface area contributed by atoms with Gasteiger partial charge in [-0.1, -0.05) is 0 Å². The number of pyridine rings is 1. The maximum absolute atomic E-state index is 12.3. The number of ether oxygens (including phenoxy) is 1. The van der Waals surface area contributed by atoms with E-state index in [2.05, 4.69) is 10.3 Å². The van der Waals surface area contributed by atoms with Gasteiger partial charge in [-0.15, -0.1) is 0 Å². The number of hydrogen-bond acceptors (Lipinski definition) is 5. The third-order valence-electron chi connectivity index (χ3n) is 4.42. The smallest absolute Gasteiger partial charge is 0.255 e. The molecule has 2 fully saturated rings. The first-order valence-corrected chi connectivity index (χ1v) is 8.59. The van der Waals surface area contributed by atoms with E-state index in [1.54, 1.807) is 17.2 Å². The monoisotopic (exact) mass is 332 g/mol. The van der Waals surface area contributed by atoms with Crippen LogP contribution in [0.25, 0.3) is 0 Å². The van der Waals surface area contributed by atoms with Crippen LogP contribution < -0.4 is 5.32 Å². The number of carbonyl (C=O) groups excluding carboxylic acids is 2. The maximum atomic E-state index is 12.3. The minimum Gasteiger partial charge on any atom is -0.378 e. The van der Waals surface area contributed by atoms with Gasteiger partial charge >= 0.3 is 0 Å². The molecule has 2 saturated heterocycles. The maximum Gasteiger partial charge on any atom is 0.255 e. The Bertz CT molecular complexity index is 570. The van der Waals surface area contributed by atoms with Gasteiger partial charge in [-0.2, -0.15) is 0 Å². The topological polar surface area (TPSA) is 74.8 Å². The first-order chi connectivity index (χ1) is 11.7. The minimum atomic E-state index is -0.00346. The summed E-state index contributed by atoms with van der Waals surface area (Å²) in [7, 11) is 0. The highest BCUT2D eigenvalue weighted by Crippen LogP contribution is 2.11. The van der Waals surface area contributed by atoms with Gasteiger partial charge in [0.15, 0.2) is 0 Å². The first kappa shape index (κ1) is 16.7. The number of likely N-dealkylation sites (tertiary alicyclic amines) is 1. The van der Waals surface area contributed by atoms with Gasteiger partial charge in [-0.25, -0.2) is 4.98 Å². The molecule has 2 aliphatic rings. The molecule has 7 nitrogen and oxygen atoms in total. The molecular formula is C17H24N4O3. The number of amides is 2. The van der Waals surface area contributed by atoms with Crippen LogP contribution in [0.5, 0.6) is 0 Å². The molecule has 0 bridgehead atoms. The molecular weight excluding hydrogens is 308 g/mol. The summed E-state index contributed by atoms with van der Waals surface area (Å²) in [4.78, 5) is 32.1. The standard InChI is InChI=1S/C17H24N4O3/c22-16-3-1-2-7-20(16)8-6-18-15-5-4-14(13-19-15)17(23)21-9-11-24-12-10-21/h4-5,13H,1-3,6-12H2,(H,18,19). The molecule has 24 heavy (non-hydrogen) atoms. The fourth-order valence-corrected chi connectivity index (χ4v) is 2.99. The third kappa shape index (κ3) is 4.23. The Hall–Kier alpha value is -2.15. The van der Waals surface area contributed by atoms with Crippen molar-refractivity contribution in [1.82, 2.24) is 14.8 Å². The van der Waals surface area contributed by atoms with Crippen molar-refractivity contribution < 1.29 is 14.3 Å². The van der Waals surface area contributed by atoms with Crippen LogP contribution in [0.3, 0.4) is 0 Å². The van der Waals surface area contributed by atoms with Crippen molar-refractivity contribution in [2.24, 2.45) is 0 Å². The lowest BCUT2D eigenvalue weighted by molar-refractivity contribution is -0.133. The van der Waals surface area contributed by atoms with Crippen LogP contribution in [0.2, 0.25) is 0 Å². The summed E-state index contributed by atoms with van der Waals surface area (Å²) >= 11 is 0. The average molecular weight is 332 g/mol. The Balaban J connectivity index is 1.47. The Morgan fingerprint density at radius 3 is 2.75 bits per heavy atom. The SMILES string of the molecule is O=C1CCCCN1CCNc1ccc(C(=O)N2CCOCC2)cn1. The van der Waals surface area contributed by atoms with Crippen LogP contribution >= 0.6 is 0 Å². The van der Waals surface area contributed by atoms with E-state index in [0.717, 1.165) is 25.2 Å². The minimum absolute atomic E-state index is 0.00346. The van der Waals surface area contributed by atoms with E-state index < -0.39 is 0 Å². The number of anilines is 1. The molecule has 2 aliphatic heterocycles. The molecule has 0 unspecified atom stereocenters. The van der Waals surface area contributed by atoms with Crippen molar-refractivity contribution >= 4 is 17.6 Å². The summed E-state index contributed by atoms with van der Waals surface area (Å²) in [5.74, 6) is 0.955. The van der Waals surface area contributed by atoms with Crippen molar-refractivity contribution in [3.05, 3.63) is 23.9 Å². The van der Waals surface area contributed by atoms with E-state index in [0.29, 0.717) is 51.4 Å². The number of morpholine rings is 1. The van der Waals surface area contributed by atoms with Gasteiger partial charge in [-0.3, -0.25) is 9.59 Å². The summed E-state index contributed by atoms with van der Waals surface area (Å²) in [5, 5.41) is 3.21. The first-order valence-electron chi connectivity index (χ1n) is 8.59. The van der Waals surface area contributed by atoms with E-state index in [1.807, 2.05) is 11.0 Å². The second-order valence-corrected chi connectivity index (χ2v) is 6.10. The van der Waals surface area contributed by atoms with Gasteiger partial charge in [0.25, 0.3) is 5.91 Å². The van der Waals surface area contributed by atoms with Crippen LogP contribution in [0, 0.1) is 0 Å². The van der Waals surface area contributed by atoms with Gasteiger partial charge in [0.1, 0.15) is 5.82 Å². The van der Waals surface area contributed by atoms with Crippen molar-refractivity contribution in [3.63, 3.8) is 0 Å². The Morgan fingerprint density at radius 2 is 2.04 bits per heavy atom. The zero-order chi connectivity index (χ0) is 16.8. The quantitative estimate of drug-likeness (QED) is 0.870. The van der Waals surface area contributed by atoms with Crippen molar-refractivity contribution in [2.75, 3.05) is 51.3 Å². The van der Waals surface area contributed by atoms with E-state index in [1.165, 1.54) is 0 Å². The van der Waals surface area contributed by atoms with Crippen LogP contribution in [-0.4, -0.2) is 72.5 Å². The van der Waals surface area contributed by atoms with E-state index in [-0.39, 0.29) is 11.8 Å². The van der Waals surface area contributed by atoms with Gasteiger partial charge in [-0.05, 0) is 25.0 Å². The summed E-state index contributed by atoms with van der Waals surface area (Å²) < 4.78 is 5.26. The number of aromatic nitrogens is 1. The zero-order valence-electron chi connectivity index (χ0n) is 13.9. The molecule has 1 N–H and O–H groups in total. The highest BCUT2D eigenvalue weighted by atomic mass is 16.5. The lowest BCUT2D eigenvalue weighted by Crippen LogP contribution is -2.40. The molecule has 0 aromatic carbocycles. The molecule has 1 aromatic heterocycles. The van der Waals surface area contributed by atoms with Crippen LogP contribution in [-0.2, 0) is 9.53 Å². The molecule has 2 amide bonds. The van der Waals surface area contributed by atoms with Crippen LogP contribution in [0.15, 0.2) is 18.3 Å². The predicted molar refractivity (Wildman–Crippen MR) is 89.9 cm³/mol. The van der Waals surface area contributed by atoms with Crippen molar-refractivity contribution in [3.8, 4) is 0 Å². The van der Waals surface area contributed by atoms with Crippen molar-refractivity contribution in [1.29, 1.82) is 0 Å². The Labute approximate surface area is 142 Å². The second-order valence-electron chi connectivity index (χ2n) is 6.10. The normalized spacial score (nSPS) is 18.6. The number of nitrogens with one attached hydrogen (secondary N) is 1. The molecule has 3 heterocycles. The second kappa shape index (κ2) is 8.10. The van der Waals surface area contributed by atoms with Crippen LogP contribution in [0.4, 0.5) is 5.82 Å². The van der Waals surface area contributed by atoms with Crippen LogP contribution in [0.1, 0.15) is 29.6 Å². The fraction of sp³-hybridized carbons (Fsp3) is 0.588. The fourth-order valence-electron chi connectivity index (χ4n) is 2.99. The number of nitrogens with zero attached hydrogens (tertiary/aromatic N) is 3. The molecule has 3 rings (SSSR count). The third-order valence-corrected chi connectivity index (χ3v) is 4.42. The summed E-state index contributed by atoms with van der Waals surface area (Å²) in [6.07, 6.45) is 4.36. The van der Waals surface area contributed by atoms with Gasteiger partial charge in [0, 0.05) is 45.3 Å². The summed E-state index contributed by atoms with van der Waals surface area (Å²) in [5.41, 5.74) is 0.591. The van der Waals surface area contributed by atoms with Crippen molar-refractivity contribution in [2.45, 2.75) is 19.3 Å². The van der Waals surface area contributed by atoms with Gasteiger partial charge < -0.3 is 19.9 Å². The van der Waals surface area contributed by atoms with E-state index >= 15 is 0 Å². The molecule has 7 heteroatoms. The Morgan fingerprint density at radius 1 is 1.21 bits per heavy atom. The number of carbonyl (C=O) groups is 2. The lowest BCUT2D eigenvalue weighted by atomic mass is 10.1. The van der Waals surface area contributed by atoms with E-state index in [4.69, 9.17) is 4.74 Å². The molecule has 1 aromatic rings. The molecule has 0 radical (unpaired) electrons.